The Morgan fingerprint density at radius 3 is 2.00 bits per heavy atom. The Bertz CT molecular complexity index is 966. The minimum absolute atomic E-state index is 0.168. The highest BCUT2D eigenvalue weighted by Gasteiger charge is 2.11. The van der Waals surface area contributed by atoms with Crippen LogP contribution >= 0.6 is 0 Å². The van der Waals surface area contributed by atoms with E-state index in [0.717, 1.165) is 12.1 Å². The molecule has 0 bridgehead atoms. The lowest BCUT2D eigenvalue weighted by Gasteiger charge is -1.98. The van der Waals surface area contributed by atoms with Crippen molar-refractivity contribution in [2.24, 2.45) is 5.10 Å². The second kappa shape index (κ2) is 5.33. The van der Waals surface area contributed by atoms with Crippen molar-refractivity contribution in [1.82, 2.24) is 5.43 Å². The number of fused-ring (bicyclic) bond motifs is 1. The van der Waals surface area contributed by atoms with Gasteiger partial charge in [0, 0.05) is 16.3 Å². The summed E-state index contributed by atoms with van der Waals surface area (Å²) in [6.07, 6.45) is 0. The Morgan fingerprint density at radius 2 is 1.45 bits per heavy atom. The molecule has 0 unspecified atom stereocenters. The SMILES string of the molecule is O=C(NN=c1c(=O)c2ccccc2c1=O)c1ccc(F)cc1. The second-order valence-electron chi connectivity index (χ2n) is 4.61. The average molecular weight is 296 g/mol. The lowest BCUT2D eigenvalue weighted by molar-refractivity contribution is 0.0953. The van der Waals surface area contributed by atoms with E-state index in [2.05, 4.69) is 10.5 Å². The molecule has 0 atom stereocenters. The molecule has 3 aromatic rings. The molecule has 108 valence electrons. The van der Waals surface area contributed by atoms with Gasteiger partial charge in [-0.25, -0.2) is 9.82 Å². The highest BCUT2D eigenvalue weighted by Crippen LogP contribution is 2.03. The molecule has 0 aromatic heterocycles. The van der Waals surface area contributed by atoms with Gasteiger partial charge in [0.25, 0.3) is 5.91 Å². The predicted octanol–water partition coefficient (Wildman–Crippen LogP) is 0.821. The molecule has 5 nitrogen and oxygen atoms in total. The monoisotopic (exact) mass is 296 g/mol. The third-order valence-corrected chi connectivity index (χ3v) is 3.22. The van der Waals surface area contributed by atoms with Crippen LogP contribution in [0.25, 0.3) is 10.8 Å². The van der Waals surface area contributed by atoms with Crippen molar-refractivity contribution in [3.8, 4) is 0 Å². The van der Waals surface area contributed by atoms with Crippen LogP contribution in [0, 0.1) is 5.82 Å². The molecule has 6 heteroatoms. The van der Waals surface area contributed by atoms with Crippen LogP contribution in [0.15, 0.2) is 63.2 Å². The maximum absolute atomic E-state index is 12.8. The molecule has 0 saturated carbocycles. The summed E-state index contributed by atoms with van der Waals surface area (Å²) >= 11 is 0. The smallest absolute Gasteiger partial charge is 0.271 e. The van der Waals surface area contributed by atoms with Crippen molar-refractivity contribution in [2.45, 2.75) is 0 Å². The van der Waals surface area contributed by atoms with Crippen molar-refractivity contribution < 1.29 is 9.18 Å². The maximum Gasteiger partial charge on any atom is 0.271 e. The van der Waals surface area contributed by atoms with Crippen LogP contribution in [0.4, 0.5) is 4.39 Å². The summed E-state index contributed by atoms with van der Waals surface area (Å²) in [7, 11) is 0. The second-order valence-corrected chi connectivity index (χ2v) is 4.61. The first-order valence-corrected chi connectivity index (χ1v) is 6.40. The molecule has 0 heterocycles. The van der Waals surface area contributed by atoms with Gasteiger partial charge >= 0.3 is 0 Å². The molecule has 0 spiro atoms. The first kappa shape index (κ1) is 13.8. The number of nitrogens with zero attached hydrogens (tertiary/aromatic N) is 1. The van der Waals surface area contributed by atoms with E-state index < -0.39 is 22.6 Å². The number of carbonyl (C=O) groups is 1. The first-order valence-electron chi connectivity index (χ1n) is 6.40. The normalized spacial score (nSPS) is 10.6. The van der Waals surface area contributed by atoms with Crippen LogP contribution < -0.4 is 21.6 Å². The van der Waals surface area contributed by atoms with E-state index in [1.807, 2.05) is 0 Å². The molecule has 1 N–H and O–H groups in total. The van der Waals surface area contributed by atoms with Crippen molar-refractivity contribution in [2.75, 3.05) is 0 Å². The van der Waals surface area contributed by atoms with Crippen LogP contribution in [0.5, 0.6) is 0 Å². The quantitative estimate of drug-likeness (QED) is 0.711. The van der Waals surface area contributed by atoms with Crippen molar-refractivity contribution >= 4 is 16.7 Å². The summed E-state index contributed by atoms with van der Waals surface area (Å²) in [4.78, 5) is 35.9. The average Bonchev–Trinajstić information content (AvgIpc) is 2.78. The Hall–Kier alpha value is -3.15. The van der Waals surface area contributed by atoms with Gasteiger partial charge in [0.2, 0.25) is 10.9 Å². The molecule has 1 amide bonds. The number of rotatable bonds is 2. The fourth-order valence-electron chi connectivity index (χ4n) is 2.11. The Morgan fingerprint density at radius 1 is 0.909 bits per heavy atom. The fraction of sp³-hybridized carbons (Fsp3) is 0. The molecular weight excluding hydrogens is 287 g/mol. The van der Waals surface area contributed by atoms with E-state index in [0.29, 0.717) is 0 Å². The van der Waals surface area contributed by atoms with Gasteiger partial charge in [0.1, 0.15) is 5.82 Å². The molecule has 22 heavy (non-hydrogen) atoms. The topological polar surface area (TPSA) is 75.6 Å². The predicted molar refractivity (Wildman–Crippen MR) is 78.3 cm³/mol. The molecule has 0 saturated heterocycles. The number of benzene rings is 2. The van der Waals surface area contributed by atoms with Crippen LogP contribution in [-0.4, -0.2) is 5.91 Å². The Labute approximate surface area is 123 Å². The van der Waals surface area contributed by atoms with Gasteiger partial charge in [-0.15, -0.1) is 0 Å². The molecular formula is C16H9FN2O3. The van der Waals surface area contributed by atoms with Gasteiger partial charge in [-0.3, -0.25) is 14.4 Å². The van der Waals surface area contributed by atoms with Crippen LogP contribution in [0.3, 0.4) is 0 Å². The summed E-state index contributed by atoms with van der Waals surface area (Å²) < 4.78 is 12.8. The number of halogens is 1. The Kier molecular flexibility index (Phi) is 3.34. The summed E-state index contributed by atoms with van der Waals surface area (Å²) in [5.41, 5.74) is 1.25. The summed E-state index contributed by atoms with van der Waals surface area (Å²) in [5.74, 6) is -1.11. The van der Waals surface area contributed by atoms with Crippen LogP contribution in [0.1, 0.15) is 10.4 Å². The third kappa shape index (κ3) is 2.31. The largest absolute Gasteiger partial charge is 0.287 e. The fourth-order valence-corrected chi connectivity index (χ4v) is 2.11. The van der Waals surface area contributed by atoms with E-state index in [1.165, 1.54) is 24.3 Å². The lowest BCUT2D eigenvalue weighted by Crippen LogP contribution is -2.35. The highest BCUT2D eigenvalue weighted by atomic mass is 19.1. The van der Waals surface area contributed by atoms with Gasteiger partial charge in [-0.1, -0.05) is 24.3 Å². The van der Waals surface area contributed by atoms with Crippen molar-refractivity contribution in [3.63, 3.8) is 0 Å². The van der Waals surface area contributed by atoms with E-state index in [9.17, 15) is 18.8 Å². The van der Waals surface area contributed by atoms with Gasteiger partial charge < -0.3 is 0 Å². The number of amides is 1. The maximum atomic E-state index is 12.8. The highest BCUT2D eigenvalue weighted by molar-refractivity contribution is 5.93. The van der Waals surface area contributed by atoms with Crippen molar-refractivity contribution in [1.29, 1.82) is 0 Å². The number of hydrogen-bond donors (Lipinski definition) is 1. The molecule has 3 rings (SSSR count). The molecule has 0 fully saturated rings. The molecule has 0 aliphatic carbocycles. The van der Waals surface area contributed by atoms with E-state index in [1.54, 1.807) is 12.1 Å². The molecule has 3 aromatic carbocycles. The van der Waals surface area contributed by atoms with E-state index >= 15 is 0 Å². The zero-order chi connectivity index (χ0) is 15.7. The lowest BCUT2D eigenvalue weighted by atomic mass is 10.2. The molecule has 0 aliphatic rings. The van der Waals surface area contributed by atoms with Crippen LogP contribution in [0.2, 0.25) is 0 Å². The van der Waals surface area contributed by atoms with E-state index in [4.69, 9.17) is 0 Å². The number of carbonyl (C=O) groups excluding carboxylic acids is 1. The first-order chi connectivity index (χ1) is 10.6. The zero-order valence-electron chi connectivity index (χ0n) is 11.2. The van der Waals surface area contributed by atoms with E-state index in [-0.39, 0.29) is 21.7 Å². The Balaban J connectivity index is 2.00. The van der Waals surface area contributed by atoms with Gasteiger partial charge in [0.15, 0.2) is 5.36 Å². The molecule has 0 radical (unpaired) electrons. The number of nitrogens with one attached hydrogen (secondary N) is 1. The molecule has 0 aliphatic heterocycles. The van der Waals surface area contributed by atoms with Crippen molar-refractivity contribution in [3.05, 3.63) is 85.7 Å². The minimum Gasteiger partial charge on any atom is -0.287 e. The van der Waals surface area contributed by atoms with Gasteiger partial charge in [0.05, 0.1) is 0 Å². The number of hydrogen-bond acceptors (Lipinski definition) is 4. The summed E-state index contributed by atoms with van der Waals surface area (Å²) in [5, 5.41) is 3.82. The zero-order valence-corrected chi connectivity index (χ0v) is 11.2. The minimum atomic E-state index is -0.635. The van der Waals surface area contributed by atoms with Gasteiger partial charge in [-0.05, 0) is 24.3 Å². The standard InChI is InChI=1S/C16H9FN2O3/c17-10-7-5-9(6-8-10)16(22)19-18-13-14(20)11-3-1-2-4-12(11)15(13)21/h1-8H,(H,19,22). The van der Waals surface area contributed by atoms with Crippen LogP contribution in [-0.2, 0) is 0 Å². The third-order valence-electron chi connectivity index (χ3n) is 3.22. The van der Waals surface area contributed by atoms with Gasteiger partial charge in [-0.2, -0.15) is 5.10 Å². The summed E-state index contributed by atoms with van der Waals surface area (Å²) in [6.45, 7) is 0. The summed E-state index contributed by atoms with van der Waals surface area (Å²) in [6, 6.07) is 11.2.